The molecule has 6 heteroatoms. The van der Waals surface area contributed by atoms with Gasteiger partial charge in [0.25, 0.3) is 0 Å². The van der Waals surface area contributed by atoms with Gasteiger partial charge in [0.1, 0.15) is 19.3 Å². The molecule has 114 valence electrons. The Morgan fingerprint density at radius 1 is 1.05 bits per heavy atom. The van der Waals surface area contributed by atoms with Gasteiger partial charge in [-0.1, -0.05) is 12.2 Å². The van der Waals surface area contributed by atoms with Gasteiger partial charge in [-0.3, -0.25) is 14.4 Å². The predicted molar refractivity (Wildman–Crippen MR) is 71.7 cm³/mol. The van der Waals surface area contributed by atoms with Gasteiger partial charge in [-0.2, -0.15) is 0 Å². The van der Waals surface area contributed by atoms with Crippen molar-refractivity contribution < 1.29 is 28.6 Å². The van der Waals surface area contributed by atoms with Gasteiger partial charge in [0.2, 0.25) is 0 Å². The molecule has 0 fully saturated rings. The summed E-state index contributed by atoms with van der Waals surface area (Å²) in [5.74, 6) is -1.22. The van der Waals surface area contributed by atoms with Crippen LogP contribution in [0.15, 0.2) is 12.2 Å². The zero-order valence-electron chi connectivity index (χ0n) is 12.6. The van der Waals surface area contributed by atoms with Crippen LogP contribution in [-0.4, -0.2) is 37.2 Å². The number of hydrogen-bond acceptors (Lipinski definition) is 6. The van der Waals surface area contributed by atoms with Gasteiger partial charge in [-0.15, -0.1) is 0 Å². The minimum Gasteiger partial charge on any atom is -0.465 e. The van der Waals surface area contributed by atoms with Crippen molar-refractivity contribution in [1.82, 2.24) is 0 Å². The highest BCUT2D eigenvalue weighted by atomic mass is 16.6. The van der Waals surface area contributed by atoms with Crippen molar-refractivity contribution in [2.45, 2.75) is 40.7 Å². The molecule has 0 saturated heterocycles. The van der Waals surface area contributed by atoms with E-state index in [0.29, 0.717) is 0 Å². The topological polar surface area (TPSA) is 78.9 Å². The Hall–Kier alpha value is -1.85. The van der Waals surface area contributed by atoms with Crippen molar-refractivity contribution >= 4 is 17.9 Å². The lowest BCUT2D eigenvalue weighted by atomic mass is 9.85. The van der Waals surface area contributed by atoms with Crippen LogP contribution >= 0.6 is 0 Å². The second kappa shape index (κ2) is 8.35. The molecule has 0 radical (unpaired) electrons. The molecule has 1 unspecified atom stereocenters. The number of rotatable bonds is 7. The zero-order valence-corrected chi connectivity index (χ0v) is 12.6. The summed E-state index contributed by atoms with van der Waals surface area (Å²) in [6.07, 6.45) is 2.85. The first-order valence-electron chi connectivity index (χ1n) is 6.29. The zero-order chi connectivity index (χ0) is 15.8. The van der Waals surface area contributed by atoms with E-state index in [0.717, 1.165) is 0 Å². The molecule has 0 aliphatic carbocycles. The fourth-order valence-corrected chi connectivity index (χ4v) is 1.42. The third-order valence-corrected chi connectivity index (χ3v) is 2.74. The summed E-state index contributed by atoms with van der Waals surface area (Å²) in [5, 5.41) is 0. The molecule has 6 nitrogen and oxygen atoms in total. The average Bonchev–Trinajstić information content (AvgIpc) is 2.31. The summed E-state index contributed by atoms with van der Waals surface area (Å²) in [4.78, 5) is 32.6. The number of esters is 3. The average molecular weight is 286 g/mol. The van der Waals surface area contributed by atoms with Crippen molar-refractivity contribution in [1.29, 1.82) is 0 Å². The highest BCUT2D eigenvalue weighted by Gasteiger charge is 2.32. The third-order valence-electron chi connectivity index (χ3n) is 2.74. The lowest BCUT2D eigenvalue weighted by molar-refractivity contribution is -0.155. The minimum absolute atomic E-state index is 0.0628. The largest absolute Gasteiger partial charge is 0.465 e. The molecule has 0 bridgehead atoms. The Labute approximate surface area is 119 Å². The molecule has 2 atom stereocenters. The number of ether oxygens (including phenoxy) is 3. The first kappa shape index (κ1) is 18.1. The van der Waals surface area contributed by atoms with E-state index in [4.69, 9.17) is 14.2 Å². The van der Waals surface area contributed by atoms with Gasteiger partial charge >= 0.3 is 17.9 Å². The molecular formula is C14H22O6. The summed E-state index contributed by atoms with van der Waals surface area (Å²) < 4.78 is 14.9. The van der Waals surface area contributed by atoms with Gasteiger partial charge in [-0.05, 0) is 13.8 Å². The van der Waals surface area contributed by atoms with Crippen molar-refractivity contribution in [2.75, 3.05) is 13.2 Å². The van der Waals surface area contributed by atoms with E-state index in [1.54, 1.807) is 26.0 Å². The Bertz CT molecular complexity index is 387. The highest BCUT2D eigenvalue weighted by molar-refractivity contribution is 5.67. The first-order chi connectivity index (χ1) is 9.17. The van der Waals surface area contributed by atoms with Crippen molar-refractivity contribution in [3.63, 3.8) is 0 Å². The second-order valence-electron chi connectivity index (χ2n) is 4.74. The molecule has 0 N–H and O–H groups in total. The fraction of sp³-hybridized carbons (Fsp3) is 0.643. The molecule has 0 aromatic carbocycles. The second-order valence-corrected chi connectivity index (χ2v) is 4.74. The van der Waals surface area contributed by atoms with Crippen molar-refractivity contribution in [3.8, 4) is 0 Å². The third kappa shape index (κ3) is 7.56. The number of carbonyl (C=O) groups is 3. The molecule has 0 aromatic rings. The quantitative estimate of drug-likeness (QED) is 0.402. The van der Waals surface area contributed by atoms with Crippen LogP contribution in [0, 0.1) is 5.41 Å². The maximum absolute atomic E-state index is 11.0. The lowest BCUT2D eigenvalue weighted by Crippen LogP contribution is -2.36. The van der Waals surface area contributed by atoms with E-state index < -0.39 is 23.5 Å². The van der Waals surface area contributed by atoms with E-state index >= 15 is 0 Å². The Morgan fingerprint density at radius 3 is 2.05 bits per heavy atom. The predicted octanol–water partition coefficient (Wildman–Crippen LogP) is 1.63. The van der Waals surface area contributed by atoms with Gasteiger partial charge < -0.3 is 14.2 Å². The van der Waals surface area contributed by atoms with Crippen LogP contribution in [0.25, 0.3) is 0 Å². The summed E-state index contributed by atoms with van der Waals surface area (Å²) in [6.45, 7) is 7.60. The van der Waals surface area contributed by atoms with Crippen LogP contribution in [-0.2, 0) is 28.6 Å². The molecule has 0 heterocycles. The van der Waals surface area contributed by atoms with E-state index in [9.17, 15) is 14.4 Å². The molecule has 0 rings (SSSR count). The fourth-order valence-electron chi connectivity index (χ4n) is 1.42. The lowest BCUT2D eigenvalue weighted by Gasteiger charge is -2.31. The summed E-state index contributed by atoms with van der Waals surface area (Å²) in [6, 6.07) is 0. The smallest absolute Gasteiger partial charge is 0.302 e. The molecule has 20 heavy (non-hydrogen) atoms. The van der Waals surface area contributed by atoms with Crippen molar-refractivity contribution in [2.24, 2.45) is 5.41 Å². The van der Waals surface area contributed by atoms with Crippen molar-refractivity contribution in [3.05, 3.63) is 12.2 Å². The Morgan fingerprint density at radius 2 is 1.60 bits per heavy atom. The number of carbonyl (C=O) groups excluding carboxylic acids is 3. The first-order valence-corrected chi connectivity index (χ1v) is 6.29. The maximum atomic E-state index is 11.0. The molecule has 0 aliphatic heterocycles. The summed E-state index contributed by atoms with van der Waals surface area (Å²) in [7, 11) is 0. The molecule has 0 aromatic heterocycles. The molecule has 0 aliphatic rings. The van der Waals surface area contributed by atoms with E-state index in [2.05, 4.69) is 0 Å². The monoisotopic (exact) mass is 286 g/mol. The summed E-state index contributed by atoms with van der Waals surface area (Å²) in [5.41, 5.74) is -0.697. The van der Waals surface area contributed by atoms with E-state index in [1.807, 2.05) is 0 Å². The van der Waals surface area contributed by atoms with Gasteiger partial charge in [0.05, 0.1) is 5.41 Å². The Balaban J connectivity index is 4.79. The van der Waals surface area contributed by atoms with Gasteiger partial charge in [-0.25, -0.2) is 0 Å². The maximum Gasteiger partial charge on any atom is 0.302 e. The van der Waals surface area contributed by atoms with Crippen LogP contribution in [0.3, 0.4) is 0 Å². The molecule has 0 amide bonds. The molecule has 0 spiro atoms. The van der Waals surface area contributed by atoms with E-state index in [-0.39, 0.29) is 19.2 Å². The normalized spacial score (nSPS) is 15.2. The van der Waals surface area contributed by atoms with Crippen LogP contribution in [0.4, 0.5) is 0 Å². The SMILES string of the molecule is CC(=O)OC/C=C/[C@](C)(COC(C)=O)C(C)OC(C)=O. The Kier molecular flexibility index (Phi) is 7.57. The van der Waals surface area contributed by atoms with Gasteiger partial charge in [0, 0.05) is 20.8 Å². The standard InChI is InChI=1S/C14H22O6/c1-10(20-13(4)17)14(5,9-19-12(3)16)7-6-8-18-11(2)15/h6-7,10H,8-9H2,1-5H3/b7-6+/t10?,14-/m1/s1. The van der Waals surface area contributed by atoms with Crippen LogP contribution < -0.4 is 0 Å². The number of hydrogen-bond donors (Lipinski definition) is 0. The van der Waals surface area contributed by atoms with Gasteiger partial charge in [0.15, 0.2) is 0 Å². The van der Waals surface area contributed by atoms with E-state index in [1.165, 1.54) is 20.8 Å². The van der Waals surface area contributed by atoms with Crippen LogP contribution in [0.5, 0.6) is 0 Å². The highest BCUT2D eigenvalue weighted by Crippen LogP contribution is 2.27. The summed E-state index contributed by atoms with van der Waals surface area (Å²) >= 11 is 0. The minimum atomic E-state index is -0.697. The molecule has 0 saturated carbocycles. The van der Waals surface area contributed by atoms with Crippen LogP contribution in [0.2, 0.25) is 0 Å². The van der Waals surface area contributed by atoms with Crippen LogP contribution in [0.1, 0.15) is 34.6 Å². The molecular weight excluding hydrogens is 264 g/mol.